The molecule has 1 aliphatic rings. The van der Waals surface area contributed by atoms with E-state index in [1.807, 2.05) is 0 Å². The van der Waals surface area contributed by atoms with Crippen LogP contribution in [0.15, 0.2) is 18.3 Å². The quantitative estimate of drug-likeness (QED) is 0.705. The number of halogens is 1. The van der Waals surface area contributed by atoms with Crippen LogP contribution in [0.3, 0.4) is 0 Å². The number of nitrogens with zero attached hydrogens (tertiary/aromatic N) is 2. The second kappa shape index (κ2) is 3.03. The molecule has 0 saturated heterocycles. The fraction of sp³-hybridized carbons (Fsp3) is 0.500. The Morgan fingerprint density at radius 2 is 2.13 bits per heavy atom. The summed E-state index contributed by atoms with van der Waals surface area (Å²) in [6.45, 7) is 4.17. The molecule has 0 unspecified atom stereocenters. The molecule has 1 fully saturated rings. The van der Waals surface area contributed by atoms with E-state index in [9.17, 15) is 9.65 Å². The van der Waals surface area contributed by atoms with Gasteiger partial charge in [-0.2, -0.15) is 5.26 Å². The van der Waals surface area contributed by atoms with Crippen LogP contribution in [0, 0.1) is 22.6 Å². The molecule has 0 spiro atoms. The van der Waals surface area contributed by atoms with Crippen LogP contribution in [0.1, 0.15) is 32.4 Å². The van der Waals surface area contributed by atoms with Crippen molar-refractivity contribution in [3.63, 3.8) is 0 Å². The summed E-state index contributed by atoms with van der Waals surface area (Å²) in [6, 6.07) is 5.14. The van der Waals surface area contributed by atoms with E-state index in [4.69, 9.17) is 0 Å². The normalized spacial score (nSPS) is 21.5. The summed E-state index contributed by atoms with van der Waals surface area (Å²) in [4.78, 5) is 4.01. The summed E-state index contributed by atoms with van der Waals surface area (Å²) in [5, 5.41) is 9.19. The third-order valence-corrected chi connectivity index (χ3v) is 2.99. The lowest BCUT2D eigenvalue weighted by atomic mass is 9.53. The first-order valence-corrected chi connectivity index (χ1v) is 5.01. The molecule has 2 nitrogen and oxygen atoms in total. The van der Waals surface area contributed by atoms with Crippen molar-refractivity contribution in [2.24, 2.45) is 5.41 Å². The first-order valence-electron chi connectivity index (χ1n) is 5.01. The molecule has 0 N–H and O–H groups in total. The van der Waals surface area contributed by atoms with E-state index in [1.165, 1.54) is 6.07 Å². The number of rotatable bonds is 1. The Morgan fingerprint density at radius 1 is 1.47 bits per heavy atom. The molecule has 1 aliphatic carbocycles. The predicted molar refractivity (Wildman–Crippen MR) is 54.5 cm³/mol. The zero-order chi connectivity index (χ0) is 11.1. The van der Waals surface area contributed by atoms with Gasteiger partial charge in [0.15, 0.2) is 0 Å². The molecule has 1 heterocycles. The largest absolute Gasteiger partial charge is 0.257 e. The zero-order valence-electron chi connectivity index (χ0n) is 8.92. The Morgan fingerprint density at radius 3 is 2.60 bits per heavy atom. The van der Waals surface area contributed by atoms with Crippen molar-refractivity contribution in [3.8, 4) is 6.07 Å². The average Bonchev–Trinajstić information content (AvgIpc) is 2.14. The highest BCUT2D eigenvalue weighted by molar-refractivity contribution is 5.33. The Hall–Kier alpha value is -1.43. The van der Waals surface area contributed by atoms with E-state index in [2.05, 4.69) is 24.9 Å². The maximum Gasteiger partial charge on any atom is 0.146 e. The molecule has 0 aliphatic heterocycles. The first kappa shape index (κ1) is 10.1. The van der Waals surface area contributed by atoms with Crippen LogP contribution in [0.2, 0.25) is 0 Å². The van der Waals surface area contributed by atoms with Gasteiger partial charge in [0.25, 0.3) is 0 Å². The van der Waals surface area contributed by atoms with Crippen LogP contribution in [0.5, 0.6) is 0 Å². The fourth-order valence-corrected chi connectivity index (χ4v) is 2.62. The molecule has 78 valence electrons. The van der Waals surface area contributed by atoms with Crippen LogP contribution in [0.4, 0.5) is 4.39 Å². The highest BCUT2D eigenvalue weighted by Crippen LogP contribution is 2.54. The first-order chi connectivity index (χ1) is 6.99. The topological polar surface area (TPSA) is 36.7 Å². The van der Waals surface area contributed by atoms with Gasteiger partial charge in [0.2, 0.25) is 0 Å². The SMILES string of the molecule is CC1(C)CC(C#N)(c2ncccc2F)C1. The van der Waals surface area contributed by atoms with Crippen LogP contribution < -0.4 is 0 Å². The third-order valence-electron chi connectivity index (χ3n) is 2.99. The summed E-state index contributed by atoms with van der Waals surface area (Å²) in [6.07, 6.45) is 2.91. The van der Waals surface area contributed by atoms with E-state index in [0.717, 1.165) is 0 Å². The lowest BCUT2D eigenvalue weighted by Crippen LogP contribution is -2.46. The molecule has 0 aromatic carbocycles. The molecule has 1 saturated carbocycles. The van der Waals surface area contributed by atoms with Crippen molar-refractivity contribution in [1.29, 1.82) is 5.26 Å². The van der Waals surface area contributed by atoms with Crippen molar-refractivity contribution < 1.29 is 4.39 Å². The predicted octanol–water partition coefficient (Wildman–Crippen LogP) is 2.80. The monoisotopic (exact) mass is 204 g/mol. The summed E-state index contributed by atoms with van der Waals surface area (Å²) in [5.41, 5.74) is -0.263. The van der Waals surface area contributed by atoms with E-state index < -0.39 is 5.41 Å². The minimum absolute atomic E-state index is 0.125. The Bertz CT molecular complexity index is 423. The van der Waals surface area contributed by atoms with E-state index in [0.29, 0.717) is 18.5 Å². The van der Waals surface area contributed by atoms with Gasteiger partial charge >= 0.3 is 0 Å². The average molecular weight is 204 g/mol. The number of nitriles is 1. The number of hydrogen-bond donors (Lipinski definition) is 0. The van der Waals surface area contributed by atoms with Crippen LogP contribution in [0.25, 0.3) is 0 Å². The van der Waals surface area contributed by atoms with Crippen LogP contribution >= 0.6 is 0 Å². The fourth-order valence-electron chi connectivity index (χ4n) is 2.62. The second-order valence-electron chi connectivity index (χ2n) is 5.05. The number of aromatic nitrogens is 1. The van der Waals surface area contributed by atoms with E-state index in [-0.39, 0.29) is 11.2 Å². The van der Waals surface area contributed by atoms with Crippen molar-refractivity contribution in [1.82, 2.24) is 4.98 Å². The molecule has 1 aromatic heterocycles. The van der Waals surface area contributed by atoms with Crippen molar-refractivity contribution in [2.75, 3.05) is 0 Å². The molecule has 0 amide bonds. The van der Waals surface area contributed by atoms with E-state index in [1.54, 1.807) is 12.3 Å². The van der Waals surface area contributed by atoms with Crippen LogP contribution in [-0.2, 0) is 5.41 Å². The third kappa shape index (κ3) is 1.50. The molecule has 1 aromatic rings. The molecular weight excluding hydrogens is 191 g/mol. The summed E-state index contributed by atoms with van der Waals surface area (Å²) >= 11 is 0. The minimum Gasteiger partial charge on any atom is -0.257 e. The van der Waals surface area contributed by atoms with Gasteiger partial charge in [0.05, 0.1) is 11.8 Å². The maximum absolute atomic E-state index is 13.5. The highest BCUT2D eigenvalue weighted by atomic mass is 19.1. The Labute approximate surface area is 88.8 Å². The molecule has 15 heavy (non-hydrogen) atoms. The number of hydrogen-bond acceptors (Lipinski definition) is 2. The Kier molecular flexibility index (Phi) is 2.04. The van der Waals surface area contributed by atoms with Gasteiger partial charge in [0, 0.05) is 6.20 Å². The van der Waals surface area contributed by atoms with Crippen molar-refractivity contribution >= 4 is 0 Å². The van der Waals surface area contributed by atoms with Crippen molar-refractivity contribution in [2.45, 2.75) is 32.1 Å². The lowest BCUT2D eigenvalue weighted by molar-refractivity contribution is 0.0935. The molecule has 2 rings (SSSR count). The van der Waals surface area contributed by atoms with Gasteiger partial charge in [-0.1, -0.05) is 13.8 Å². The van der Waals surface area contributed by atoms with Gasteiger partial charge in [0.1, 0.15) is 11.2 Å². The zero-order valence-corrected chi connectivity index (χ0v) is 8.92. The molecule has 0 bridgehead atoms. The Balaban J connectivity index is 2.39. The highest BCUT2D eigenvalue weighted by Gasteiger charge is 2.52. The van der Waals surface area contributed by atoms with Gasteiger partial charge in [-0.05, 0) is 30.4 Å². The molecular formula is C12H13FN2. The van der Waals surface area contributed by atoms with Gasteiger partial charge in [-0.25, -0.2) is 4.39 Å². The summed E-state index contributed by atoms with van der Waals surface area (Å²) in [7, 11) is 0. The molecule has 3 heteroatoms. The van der Waals surface area contributed by atoms with Crippen LogP contribution in [-0.4, -0.2) is 4.98 Å². The summed E-state index contributed by atoms with van der Waals surface area (Å²) < 4.78 is 13.5. The summed E-state index contributed by atoms with van der Waals surface area (Å²) in [5.74, 6) is -0.366. The van der Waals surface area contributed by atoms with Crippen molar-refractivity contribution in [3.05, 3.63) is 29.8 Å². The lowest BCUT2D eigenvalue weighted by Gasteiger charge is -2.48. The smallest absolute Gasteiger partial charge is 0.146 e. The standard InChI is InChI=1S/C12H13FN2/c1-11(2)6-12(7-11,8-14)10-9(13)4-3-5-15-10/h3-5H,6-7H2,1-2H3. The molecule has 0 radical (unpaired) electrons. The van der Waals surface area contributed by atoms with E-state index >= 15 is 0 Å². The molecule has 0 atom stereocenters. The van der Waals surface area contributed by atoms with Gasteiger partial charge in [-0.3, -0.25) is 4.98 Å². The number of pyridine rings is 1. The van der Waals surface area contributed by atoms with Gasteiger partial charge < -0.3 is 0 Å². The second-order valence-corrected chi connectivity index (χ2v) is 5.05. The minimum atomic E-state index is -0.700. The maximum atomic E-state index is 13.5. The van der Waals surface area contributed by atoms with Gasteiger partial charge in [-0.15, -0.1) is 0 Å².